The molecule has 2 nitrogen and oxygen atoms in total. The Labute approximate surface area is 142 Å². The summed E-state index contributed by atoms with van der Waals surface area (Å²) in [7, 11) is 0. The summed E-state index contributed by atoms with van der Waals surface area (Å²) in [5, 5.41) is 2.52. The van der Waals surface area contributed by atoms with Crippen molar-refractivity contribution in [2.75, 3.05) is 0 Å². The zero-order chi connectivity index (χ0) is 16.4. The molecule has 1 unspecified atom stereocenters. The highest BCUT2D eigenvalue weighted by atomic mass is 35.5. The number of aryl methyl sites for hydroxylation is 1. The topological polar surface area (TPSA) is 22.1 Å². The zero-order valence-electron chi connectivity index (χ0n) is 13.6. The molecule has 23 heavy (non-hydrogen) atoms. The second kappa shape index (κ2) is 6.59. The molecule has 3 rings (SSSR count). The highest BCUT2D eigenvalue weighted by molar-refractivity contribution is 6.34. The van der Waals surface area contributed by atoms with Gasteiger partial charge in [-0.1, -0.05) is 42.8 Å². The van der Waals surface area contributed by atoms with E-state index in [-0.39, 0.29) is 6.10 Å². The van der Waals surface area contributed by atoms with Crippen LogP contribution in [-0.2, 0) is 0 Å². The average molecular weight is 326 g/mol. The maximum Gasteiger partial charge on any atom is 0.137 e. The number of pyridine rings is 1. The van der Waals surface area contributed by atoms with E-state index in [1.807, 2.05) is 30.5 Å². The van der Waals surface area contributed by atoms with Crippen molar-refractivity contribution in [1.29, 1.82) is 0 Å². The molecule has 0 aliphatic heterocycles. The lowest BCUT2D eigenvalue weighted by molar-refractivity contribution is 0.218. The third kappa shape index (κ3) is 3.18. The number of fused-ring (bicyclic) bond motifs is 1. The largest absolute Gasteiger partial charge is 0.491 e. The molecule has 0 saturated carbocycles. The molecular weight excluding hydrogens is 306 g/mol. The lowest BCUT2D eigenvalue weighted by atomic mass is 9.97. The van der Waals surface area contributed by atoms with Gasteiger partial charge in [-0.3, -0.25) is 0 Å². The maximum absolute atomic E-state index is 6.33. The van der Waals surface area contributed by atoms with Crippen LogP contribution in [0.2, 0.25) is 5.15 Å². The van der Waals surface area contributed by atoms with E-state index in [0.717, 1.165) is 28.5 Å². The van der Waals surface area contributed by atoms with E-state index in [2.05, 4.69) is 44.0 Å². The Balaban J connectivity index is 2.15. The Kier molecular flexibility index (Phi) is 4.53. The summed E-state index contributed by atoms with van der Waals surface area (Å²) >= 11 is 6.33. The first-order valence-corrected chi connectivity index (χ1v) is 8.29. The van der Waals surface area contributed by atoms with Crippen molar-refractivity contribution in [1.82, 2.24) is 4.98 Å². The van der Waals surface area contributed by atoms with Gasteiger partial charge in [-0.2, -0.15) is 0 Å². The van der Waals surface area contributed by atoms with Gasteiger partial charge in [0.15, 0.2) is 0 Å². The van der Waals surface area contributed by atoms with E-state index < -0.39 is 0 Å². The second-order valence-corrected chi connectivity index (χ2v) is 6.18. The Bertz CT molecular complexity index is 844. The van der Waals surface area contributed by atoms with E-state index in [1.165, 1.54) is 11.1 Å². The van der Waals surface area contributed by atoms with Gasteiger partial charge in [0.1, 0.15) is 10.9 Å². The number of nitrogens with zero attached hydrogens (tertiary/aromatic N) is 1. The van der Waals surface area contributed by atoms with Crippen LogP contribution in [0.4, 0.5) is 0 Å². The maximum atomic E-state index is 6.33. The summed E-state index contributed by atoms with van der Waals surface area (Å²) in [6.07, 6.45) is 2.99. The first kappa shape index (κ1) is 15.8. The van der Waals surface area contributed by atoms with Crippen molar-refractivity contribution in [3.63, 3.8) is 0 Å². The molecule has 3 aromatic rings. The standard InChI is InChI=1S/C20H20ClNO/c1-4-14(3)23-15-9-10-17-18(11-15)20(21)22-12-19(17)16-8-6-5-7-13(16)2/h5-12,14H,4H2,1-3H3. The quantitative estimate of drug-likeness (QED) is 0.545. The fourth-order valence-electron chi connectivity index (χ4n) is 2.67. The molecule has 3 heteroatoms. The van der Waals surface area contributed by atoms with E-state index in [9.17, 15) is 0 Å². The van der Waals surface area contributed by atoms with E-state index >= 15 is 0 Å². The predicted molar refractivity (Wildman–Crippen MR) is 97.3 cm³/mol. The summed E-state index contributed by atoms with van der Waals surface area (Å²) in [5.74, 6) is 0.831. The number of benzene rings is 2. The van der Waals surface area contributed by atoms with Gasteiger partial charge in [-0.25, -0.2) is 4.98 Å². The van der Waals surface area contributed by atoms with Gasteiger partial charge in [0.25, 0.3) is 0 Å². The fraction of sp³-hybridized carbons (Fsp3) is 0.250. The Hall–Kier alpha value is -2.06. The number of hydrogen-bond donors (Lipinski definition) is 0. The number of halogens is 1. The van der Waals surface area contributed by atoms with E-state index in [4.69, 9.17) is 16.3 Å². The minimum absolute atomic E-state index is 0.179. The summed E-state index contributed by atoms with van der Waals surface area (Å²) in [6, 6.07) is 14.4. The van der Waals surface area contributed by atoms with Gasteiger partial charge >= 0.3 is 0 Å². The summed E-state index contributed by atoms with van der Waals surface area (Å²) in [5.41, 5.74) is 3.49. The van der Waals surface area contributed by atoms with Crippen LogP contribution in [0.25, 0.3) is 21.9 Å². The van der Waals surface area contributed by atoms with Crippen molar-refractivity contribution in [2.45, 2.75) is 33.3 Å². The molecule has 118 valence electrons. The molecule has 0 saturated heterocycles. The average Bonchev–Trinajstić information content (AvgIpc) is 2.56. The normalized spacial score (nSPS) is 12.3. The van der Waals surface area contributed by atoms with Crippen LogP contribution in [0, 0.1) is 6.92 Å². The number of aromatic nitrogens is 1. The first-order chi connectivity index (χ1) is 11.1. The molecule has 0 bridgehead atoms. The molecule has 0 N–H and O–H groups in total. The van der Waals surface area contributed by atoms with Crippen molar-refractivity contribution in [2.24, 2.45) is 0 Å². The molecule has 0 amide bonds. The van der Waals surface area contributed by atoms with Gasteiger partial charge < -0.3 is 4.74 Å². The fourth-order valence-corrected chi connectivity index (χ4v) is 2.87. The highest BCUT2D eigenvalue weighted by Gasteiger charge is 2.11. The lowest BCUT2D eigenvalue weighted by Crippen LogP contribution is -2.09. The van der Waals surface area contributed by atoms with Gasteiger partial charge in [-0.15, -0.1) is 0 Å². The molecule has 0 aliphatic rings. The van der Waals surface area contributed by atoms with Gasteiger partial charge in [0.2, 0.25) is 0 Å². The second-order valence-electron chi connectivity index (χ2n) is 5.82. The molecule has 1 atom stereocenters. The molecular formula is C20H20ClNO. The van der Waals surface area contributed by atoms with Crippen LogP contribution >= 0.6 is 11.6 Å². The van der Waals surface area contributed by atoms with Crippen LogP contribution in [0.15, 0.2) is 48.7 Å². The molecule has 0 radical (unpaired) electrons. The van der Waals surface area contributed by atoms with Crippen molar-refractivity contribution < 1.29 is 4.74 Å². The summed E-state index contributed by atoms with van der Waals surface area (Å²) in [4.78, 5) is 4.38. The third-order valence-electron chi connectivity index (χ3n) is 4.16. The summed E-state index contributed by atoms with van der Waals surface area (Å²) < 4.78 is 5.91. The third-order valence-corrected chi connectivity index (χ3v) is 4.46. The Morgan fingerprint density at radius 1 is 1.09 bits per heavy atom. The van der Waals surface area contributed by atoms with Crippen LogP contribution in [0.5, 0.6) is 5.75 Å². The highest BCUT2D eigenvalue weighted by Crippen LogP contribution is 2.35. The van der Waals surface area contributed by atoms with Gasteiger partial charge in [0.05, 0.1) is 6.10 Å². The predicted octanol–water partition coefficient (Wildman–Crippen LogP) is 6.04. The minimum Gasteiger partial charge on any atom is -0.491 e. The van der Waals surface area contributed by atoms with Crippen molar-refractivity contribution >= 4 is 22.4 Å². The lowest BCUT2D eigenvalue weighted by Gasteiger charge is -2.15. The SMILES string of the molecule is CCC(C)Oc1ccc2c(-c3ccccc3C)cnc(Cl)c2c1. The van der Waals surface area contributed by atoms with Gasteiger partial charge in [-0.05, 0) is 55.0 Å². The monoisotopic (exact) mass is 325 g/mol. The smallest absolute Gasteiger partial charge is 0.137 e. The van der Waals surface area contributed by atoms with E-state index in [0.29, 0.717) is 5.15 Å². The Morgan fingerprint density at radius 2 is 1.87 bits per heavy atom. The molecule has 2 aromatic carbocycles. The van der Waals surface area contributed by atoms with Crippen LogP contribution < -0.4 is 4.74 Å². The molecule has 0 aliphatic carbocycles. The zero-order valence-corrected chi connectivity index (χ0v) is 14.4. The van der Waals surface area contributed by atoms with Crippen LogP contribution in [-0.4, -0.2) is 11.1 Å². The van der Waals surface area contributed by atoms with Crippen molar-refractivity contribution in [3.05, 3.63) is 59.4 Å². The molecule has 0 fully saturated rings. The number of rotatable bonds is 4. The number of hydrogen-bond acceptors (Lipinski definition) is 2. The molecule has 1 aromatic heterocycles. The summed E-state index contributed by atoms with van der Waals surface area (Å²) in [6.45, 7) is 6.28. The molecule has 1 heterocycles. The Morgan fingerprint density at radius 3 is 2.61 bits per heavy atom. The van der Waals surface area contributed by atoms with Gasteiger partial charge in [0, 0.05) is 17.1 Å². The van der Waals surface area contributed by atoms with Crippen molar-refractivity contribution in [3.8, 4) is 16.9 Å². The minimum atomic E-state index is 0.179. The first-order valence-electron chi connectivity index (χ1n) is 7.91. The molecule has 0 spiro atoms. The van der Waals surface area contributed by atoms with Crippen LogP contribution in [0.3, 0.4) is 0 Å². The van der Waals surface area contributed by atoms with Crippen LogP contribution in [0.1, 0.15) is 25.8 Å². The van der Waals surface area contributed by atoms with E-state index in [1.54, 1.807) is 0 Å². The number of ether oxygens (including phenoxy) is 1.